The zero-order valence-electron chi connectivity index (χ0n) is 4.95. The summed E-state index contributed by atoms with van der Waals surface area (Å²) in [6, 6.07) is 0. The Hall–Kier alpha value is -0.190. The maximum atomic E-state index is 11.0. The topological polar surface area (TPSA) is 49.8 Å². The number of carbonyl (C=O) groups excluding carboxylic acids is 1. The Bertz CT molecular complexity index is 223. The predicted molar refractivity (Wildman–Crippen MR) is 36.7 cm³/mol. The van der Waals surface area contributed by atoms with Gasteiger partial charge in [-0.3, -0.25) is 4.79 Å². The fourth-order valence-corrected chi connectivity index (χ4v) is 1.55. The van der Waals surface area contributed by atoms with E-state index in [9.17, 15) is 4.79 Å². The average molecular weight is 205 g/mol. The minimum atomic E-state index is -0.614. The number of aliphatic hydroxyl groups excluding tert-OH is 1. The molecule has 3 atom stereocenters. The van der Waals surface area contributed by atoms with Crippen molar-refractivity contribution < 1.29 is 14.6 Å². The molecule has 0 aromatic carbocycles. The number of Topliss-reactive ketones (excluding diaryl/α,β-unsaturated/α-hetero) is 1. The molecule has 1 N–H and O–H groups in total. The molecule has 0 spiro atoms. The van der Waals surface area contributed by atoms with Crippen LogP contribution in [0.15, 0.2) is 10.6 Å². The minimum Gasteiger partial charge on any atom is -0.386 e. The summed E-state index contributed by atoms with van der Waals surface area (Å²) in [5, 5.41) is 9.12. The second-order valence-corrected chi connectivity index (χ2v) is 3.25. The van der Waals surface area contributed by atoms with Crippen LogP contribution in [0.25, 0.3) is 0 Å². The first-order valence-corrected chi connectivity index (χ1v) is 3.74. The van der Waals surface area contributed by atoms with Gasteiger partial charge in [-0.2, -0.15) is 0 Å². The maximum Gasteiger partial charge on any atom is 0.201 e. The lowest BCUT2D eigenvalue weighted by Crippen LogP contribution is -2.24. The summed E-state index contributed by atoms with van der Waals surface area (Å²) in [5.74, 6) is -0.0599. The first-order valence-electron chi connectivity index (χ1n) is 2.95. The number of aliphatic hydroxyl groups is 1. The molecule has 1 saturated heterocycles. The summed E-state index contributed by atoms with van der Waals surface area (Å²) in [7, 11) is 0. The van der Waals surface area contributed by atoms with Crippen LogP contribution in [0.1, 0.15) is 0 Å². The summed E-state index contributed by atoms with van der Waals surface area (Å²) in [6.07, 6.45) is 0.205. The largest absolute Gasteiger partial charge is 0.386 e. The zero-order chi connectivity index (χ0) is 7.30. The van der Waals surface area contributed by atoms with Gasteiger partial charge in [0.1, 0.15) is 12.2 Å². The first kappa shape index (κ1) is 6.52. The first-order chi connectivity index (χ1) is 4.70. The van der Waals surface area contributed by atoms with Gasteiger partial charge in [-0.25, -0.2) is 0 Å². The predicted octanol–water partition coefficient (Wildman–Crippen LogP) is -0.0238. The van der Waals surface area contributed by atoms with E-state index in [-0.39, 0.29) is 18.0 Å². The molecule has 10 heavy (non-hydrogen) atoms. The second kappa shape index (κ2) is 1.90. The molecule has 0 aromatic rings. The van der Waals surface area contributed by atoms with Gasteiger partial charge in [-0.1, -0.05) is 0 Å². The van der Waals surface area contributed by atoms with Gasteiger partial charge in [0.15, 0.2) is 6.10 Å². The third-order valence-corrected chi connectivity index (χ3v) is 2.33. The molecule has 54 valence electrons. The third kappa shape index (κ3) is 0.761. The fourth-order valence-electron chi connectivity index (χ4n) is 1.06. The molecule has 0 unspecified atom stereocenters. The van der Waals surface area contributed by atoms with E-state index in [0.29, 0.717) is 4.48 Å². The second-order valence-electron chi connectivity index (χ2n) is 2.39. The van der Waals surface area contributed by atoms with E-state index in [1.54, 1.807) is 0 Å². The highest BCUT2D eigenvalue weighted by molar-refractivity contribution is 9.12. The van der Waals surface area contributed by atoms with E-state index in [1.165, 1.54) is 6.08 Å². The van der Waals surface area contributed by atoms with E-state index in [1.807, 2.05) is 0 Å². The summed E-state index contributed by atoms with van der Waals surface area (Å²) < 4.78 is 5.32. The van der Waals surface area contributed by atoms with Gasteiger partial charge in [0, 0.05) is 0 Å². The van der Waals surface area contributed by atoms with Crippen LogP contribution in [-0.4, -0.2) is 29.2 Å². The van der Waals surface area contributed by atoms with Crippen LogP contribution in [0.5, 0.6) is 0 Å². The van der Waals surface area contributed by atoms with Crippen LogP contribution in [0, 0.1) is 0 Å². The highest BCUT2D eigenvalue weighted by Crippen LogP contribution is 2.35. The summed E-state index contributed by atoms with van der Waals surface area (Å²) in [6.45, 7) is 0. The number of halogens is 1. The van der Waals surface area contributed by atoms with Crippen molar-refractivity contribution in [2.45, 2.75) is 18.3 Å². The molecule has 1 heterocycles. The van der Waals surface area contributed by atoms with Crippen LogP contribution in [-0.2, 0) is 9.53 Å². The number of ketones is 1. The van der Waals surface area contributed by atoms with Gasteiger partial charge in [-0.05, 0) is 22.0 Å². The van der Waals surface area contributed by atoms with Crippen LogP contribution in [0.2, 0.25) is 0 Å². The molecule has 0 amide bonds. The molecule has 4 heteroatoms. The Morgan fingerprint density at radius 1 is 1.70 bits per heavy atom. The van der Waals surface area contributed by atoms with Gasteiger partial charge in [0.25, 0.3) is 0 Å². The maximum absolute atomic E-state index is 11.0. The standard InChI is InChI=1S/C6H5BrO3/c7-2-1-3(8)5-6(10-5)4(2)9/h1,3,5-6,8H/t3-,5-,6+/m0/s1. The molecule has 2 rings (SSSR count). The Balaban J connectivity index is 2.30. The molecular weight excluding hydrogens is 200 g/mol. The molecule has 0 bridgehead atoms. The quantitative estimate of drug-likeness (QED) is 0.565. The van der Waals surface area contributed by atoms with Crippen LogP contribution in [0.3, 0.4) is 0 Å². The smallest absolute Gasteiger partial charge is 0.201 e. The van der Waals surface area contributed by atoms with E-state index < -0.39 is 6.10 Å². The molecule has 1 aliphatic carbocycles. The van der Waals surface area contributed by atoms with Gasteiger partial charge >= 0.3 is 0 Å². The number of hydrogen-bond acceptors (Lipinski definition) is 3. The van der Waals surface area contributed by atoms with Crippen molar-refractivity contribution in [3.63, 3.8) is 0 Å². The Kier molecular flexibility index (Phi) is 1.24. The molecular formula is C6H5BrO3. The van der Waals surface area contributed by atoms with Gasteiger partial charge < -0.3 is 9.84 Å². The molecule has 0 aromatic heterocycles. The number of carbonyl (C=O) groups is 1. The third-order valence-electron chi connectivity index (χ3n) is 1.67. The van der Waals surface area contributed by atoms with Crippen LogP contribution >= 0.6 is 15.9 Å². The Morgan fingerprint density at radius 2 is 2.40 bits per heavy atom. The molecule has 1 fully saturated rings. The van der Waals surface area contributed by atoms with Crippen molar-refractivity contribution in [3.8, 4) is 0 Å². The molecule has 0 saturated carbocycles. The zero-order valence-corrected chi connectivity index (χ0v) is 6.54. The van der Waals surface area contributed by atoms with E-state index in [2.05, 4.69) is 15.9 Å². The highest BCUT2D eigenvalue weighted by atomic mass is 79.9. The summed E-state index contributed by atoms with van der Waals surface area (Å²) in [5.41, 5.74) is 0. The van der Waals surface area contributed by atoms with Crippen molar-refractivity contribution in [2.75, 3.05) is 0 Å². The Morgan fingerprint density at radius 3 is 3.10 bits per heavy atom. The van der Waals surface area contributed by atoms with Crippen molar-refractivity contribution in [3.05, 3.63) is 10.6 Å². The van der Waals surface area contributed by atoms with E-state index in [0.717, 1.165) is 0 Å². The molecule has 0 radical (unpaired) electrons. The minimum absolute atomic E-state index is 0.0599. The lowest BCUT2D eigenvalue weighted by Gasteiger charge is -2.06. The lowest BCUT2D eigenvalue weighted by molar-refractivity contribution is -0.116. The van der Waals surface area contributed by atoms with Crippen molar-refractivity contribution in [1.82, 2.24) is 0 Å². The Labute approximate surface area is 65.8 Å². The molecule has 1 aliphatic heterocycles. The summed E-state index contributed by atoms with van der Waals surface area (Å²) >= 11 is 3.03. The molecule has 2 aliphatic rings. The lowest BCUT2D eigenvalue weighted by atomic mass is 10.0. The van der Waals surface area contributed by atoms with E-state index >= 15 is 0 Å². The fraction of sp³-hybridized carbons (Fsp3) is 0.500. The summed E-state index contributed by atoms with van der Waals surface area (Å²) in [4.78, 5) is 11.0. The average Bonchev–Trinajstić information content (AvgIpc) is 2.61. The van der Waals surface area contributed by atoms with E-state index in [4.69, 9.17) is 9.84 Å². The van der Waals surface area contributed by atoms with Crippen LogP contribution in [0.4, 0.5) is 0 Å². The molecule has 3 nitrogen and oxygen atoms in total. The number of ether oxygens (including phenoxy) is 1. The normalized spacial score (nSPS) is 44.4. The number of rotatable bonds is 0. The monoisotopic (exact) mass is 204 g/mol. The number of fused-ring (bicyclic) bond motifs is 1. The van der Waals surface area contributed by atoms with Crippen molar-refractivity contribution in [2.24, 2.45) is 0 Å². The highest BCUT2D eigenvalue weighted by Gasteiger charge is 2.52. The van der Waals surface area contributed by atoms with Crippen molar-refractivity contribution in [1.29, 1.82) is 0 Å². The van der Waals surface area contributed by atoms with Gasteiger partial charge in [-0.15, -0.1) is 0 Å². The van der Waals surface area contributed by atoms with Crippen LogP contribution < -0.4 is 0 Å². The van der Waals surface area contributed by atoms with Gasteiger partial charge in [0.05, 0.1) is 4.48 Å². The number of epoxide rings is 1. The number of hydrogen-bond donors (Lipinski definition) is 1. The van der Waals surface area contributed by atoms with Crippen molar-refractivity contribution >= 4 is 21.7 Å². The van der Waals surface area contributed by atoms with Gasteiger partial charge in [0.2, 0.25) is 5.78 Å². The SMILES string of the molecule is O=C1C(Br)=C[C@H](O)[C@@H]2O[C@H]12.